The molecule has 2 rings (SSSR count). The summed E-state index contributed by atoms with van der Waals surface area (Å²) in [4.78, 5) is 2.22. The molecule has 0 fully saturated rings. The van der Waals surface area contributed by atoms with Crippen LogP contribution in [-0.2, 0) is 12.8 Å². The number of hydrogen-bond acceptors (Lipinski definition) is 2. The number of aromatic hydroxyl groups is 1. The highest BCUT2D eigenvalue weighted by Crippen LogP contribution is 2.30. The number of halogens is 1. The standard InChI is InChI=1S/C14H17NO.ClH/c1-3-9-15(2)12-7-8-13-11(10-12)5-4-6-14(13)16;/h1,4-6,12,16H,7-10H2,2H3;1H. The first kappa shape index (κ1) is 13.9. The van der Waals surface area contributed by atoms with E-state index in [2.05, 4.69) is 23.9 Å². The van der Waals surface area contributed by atoms with E-state index in [1.165, 1.54) is 5.56 Å². The van der Waals surface area contributed by atoms with Crippen LogP contribution in [0.1, 0.15) is 17.5 Å². The van der Waals surface area contributed by atoms with Crippen molar-refractivity contribution in [3.63, 3.8) is 0 Å². The summed E-state index contributed by atoms with van der Waals surface area (Å²) in [6.45, 7) is 0.693. The molecule has 0 saturated carbocycles. The van der Waals surface area contributed by atoms with E-state index in [-0.39, 0.29) is 12.4 Å². The highest BCUT2D eigenvalue weighted by atomic mass is 35.5. The second-order valence-corrected chi connectivity index (χ2v) is 4.43. The van der Waals surface area contributed by atoms with Crippen molar-refractivity contribution in [1.29, 1.82) is 0 Å². The van der Waals surface area contributed by atoms with Crippen LogP contribution >= 0.6 is 12.4 Å². The molecule has 17 heavy (non-hydrogen) atoms. The van der Waals surface area contributed by atoms with Crippen molar-refractivity contribution in [3.8, 4) is 18.1 Å². The van der Waals surface area contributed by atoms with Gasteiger partial charge in [-0.05, 0) is 43.5 Å². The molecule has 1 unspecified atom stereocenters. The largest absolute Gasteiger partial charge is 0.508 e. The molecular weight excluding hydrogens is 234 g/mol. The smallest absolute Gasteiger partial charge is 0.119 e. The van der Waals surface area contributed by atoms with Crippen LogP contribution in [0.25, 0.3) is 0 Å². The van der Waals surface area contributed by atoms with Gasteiger partial charge in [-0.3, -0.25) is 4.90 Å². The van der Waals surface area contributed by atoms with Gasteiger partial charge in [0, 0.05) is 6.04 Å². The number of nitrogens with zero attached hydrogens (tertiary/aromatic N) is 1. The lowest BCUT2D eigenvalue weighted by Gasteiger charge is -2.31. The van der Waals surface area contributed by atoms with E-state index >= 15 is 0 Å². The van der Waals surface area contributed by atoms with E-state index in [1.54, 1.807) is 6.07 Å². The van der Waals surface area contributed by atoms with E-state index in [0.717, 1.165) is 24.8 Å². The molecule has 1 aromatic carbocycles. The molecule has 0 radical (unpaired) electrons. The van der Waals surface area contributed by atoms with Crippen molar-refractivity contribution in [2.45, 2.75) is 25.3 Å². The maximum absolute atomic E-state index is 9.74. The first-order valence-corrected chi connectivity index (χ1v) is 5.66. The Morgan fingerprint density at radius 3 is 3.00 bits per heavy atom. The van der Waals surface area contributed by atoms with Crippen molar-refractivity contribution in [3.05, 3.63) is 29.3 Å². The van der Waals surface area contributed by atoms with Gasteiger partial charge in [0.2, 0.25) is 0 Å². The fourth-order valence-electron chi connectivity index (χ4n) is 2.42. The molecule has 1 aliphatic carbocycles. The van der Waals surface area contributed by atoms with Gasteiger partial charge in [-0.15, -0.1) is 18.8 Å². The fraction of sp³-hybridized carbons (Fsp3) is 0.429. The lowest BCUT2D eigenvalue weighted by atomic mass is 9.87. The third-order valence-corrected chi connectivity index (χ3v) is 3.40. The highest BCUT2D eigenvalue weighted by Gasteiger charge is 2.22. The van der Waals surface area contributed by atoms with Crippen LogP contribution in [0, 0.1) is 12.3 Å². The maximum atomic E-state index is 9.74. The van der Waals surface area contributed by atoms with E-state index in [4.69, 9.17) is 6.42 Å². The number of rotatable bonds is 2. The maximum Gasteiger partial charge on any atom is 0.119 e. The van der Waals surface area contributed by atoms with Crippen LogP contribution in [0.4, 0.5) is 0 Å². The normalized spacial score (nSPS) is 18.1. The zero-order valence-electron chi connectivity index (χ0n) is 10.0. The summed E-state index contributed by atoms with van der Waals surface area (Å²) in [7, 11) is 2.07. The zero-order valence-corrected chi connectivity index (χ0v) is 10.8. The molecule has 0 aliphatic heterocycles. The topological polar surface area (TPSA) is 23.5 Å². The summed E-state index contributed by atoms with van der Waals surface area (Å²) in [6, 6.07) is 6.29. The number of terminal acetylenes is 1. The first-order chi connectivity index (χ1) is 7.72. The highest BCUT2D eigenvalue weighted by molar-refractivity contribution is 5.85. The van der Waals surface area contributed by atoms with E-state index in [0.29, 0.717) is 18.3 Å². The average molecular weight is 252 g/mol. The Labute approximate surface area is 109 Å². The van der Waals surface area contributed by atoms with E-state index in [1.807, 2.05) is 6.07 Å². The quantitative estimate of drug-likeness (QED) is 0.815. The monoisotopic (exact) mass is 251 g/mol. The predicted octanol–water partition coefficient (Wildman–Crippen LogP) is 2.24. The number of hydrogen-bond donors (Lipinski definition) is 1. The predicted molar refractivity (Wildman–Crippen MR) is 72.6 cm³/mol. The summed E-state index contributed by atoms with van der Waals surface area (Å²) < 4.78 is 0. The lowest BCUT2D eigenvalue weighted by molar-refractivity contribution is 0.246. The van der Waals surface area contributed by atoms with Crippen molar-refractivity contribution in [2.24, 2.45) is 0 Å². The number of benzene rings is 1. The van der Waals surface area contributed by atoms with Crippen molar-refractivity contribution in [1.82, 2.24) is 4.90 Å². The molecule has 2 nitrogen and oxygen atoms in total. The Morgan fingerprint density at radius 2 is 2.29 bits per heavy atom. The SMILES string of the molecule is C#CCN(C)C1CCc2c(O)cccc2C1.Cl. The Balaban J connectivity index is 0.00000144. The summed E-state index contributed by atoms with van der Waals surface area (Å²) in [5.74, 6) is 3.12. The minimum absolute atomic E-state index is 0. The van der Waals surface area contributed by atoms with Crippen LogP contribution in [0.2, 0.25) is 0 Å². The van der Waals surface area contributed by atoms with Gasteiger partial charge in [0.05, 0.1) is 6.54 Å². The summed E-state index contributed by atoms with van der Waals surface area (Å²) in [6.07, 6.45) is 8.33. The third kappa shape index (κ3) is 2.94. The molecule has 0 bridgehead atoms. The van der Waals surface area contributed by atoms with Gasteiger partial charge in [-0.1, -0.05) is 18.1 Å². The molecule has 3 heteroatoms. The number of fused-ring (bicyclic) bond motifs is 1. The summed E-state index contributed by atoms with van der Waals surface area (Å²) in [5, 5.41) is 9.74. The van der Waals surface area contributed by atoms with Gasteiger partial charge < -0.3 is 5.11 Å². The minimum Gasteiger partial charge on any atom is -0.508 e. The molecule has 0 spiro atoms. The van der Waals surface area contributed by atoms with Gasteiger partial charge in [0.1, 0.15) is 5.75 Å². The van der Waals surface area contributed by atoms with E-state index in [9.17, 15) is 5.11 Å². The molecule has 1 atom stereocenters. The minimum atomic E-state index is 0. The summed E-state index contributed by atoms with van der Waals surface area (Å²) >= 11 is 0. The second kappa shape index (κ2) is 5.95. The average Bonchev–Trinajstić information content (AvgIpc) is 2.29. The molecule has 92 valence electrons. The van der Waals surface area contributed by atoms with Crippen LogP contribution in [-0.4, -0.2) is 29.6 Å². The first-order valence-electron chi connectivity index (χ1n) is 5.66. The molecule has 0 heterocycles. The molecule has 0 amide bonds. The van der Waals surface area contributed by atoms with Crippen molar-refractivity contribution < 1.29 is 5.11 Å². The van der Waals surface area contributed by atoms with Gasteiger partial charge in [-0.25, -0.2) is 0 Å². The van der Waals surface area contributed by atoms with Crippen LogP contribution in [0.5, 0.6) is 5.75 Å². The molecule has 0 aromatic heterocycles. The second-order valence-electron chi connectivity index (χ2n) is 4.43. The van der Waals surface area contributed by atoms with Gasteiger partial charge in [-0.2, -0.15) is 0 Å². The number of likely N-dealkylation sites (N-methyl/N-ethyl adjacent to an activating group) is 1. The zero-order chi connectivity index (χ0) is 11.5. The Hall–Kier alpha value is -1.17. The van der Waals surface area contributed by atoms with E-state index < -0.39 is 0 Å². The lowest BCUT2D eigenvalue weighted by Crippen LogP contribution is -2.36. The molecular formula is C14H18ClNO. The van der Waals surface area contributed by atoms with Crippen molar-refractivity contribution in [2.75, 3.05) is 13.6 Å². The Kier molecular flexibility index (Phi) is 4.86. The Morgan fingerprint density at radius 1 is 1.53 bits per heavy atom. The fourth-order valence-corrected chi connectivity index (χ4v) is 2.42. The summed E-state index contributed by atoms with van der Waals surface area (Å²) in [5.41, 5.74) is 2.38. The molecule has 1 N–H and O–H groups in total. The molecule has 0 saturated heterocycles. The van der Waals surface area contributed by atoms with Gasteiger partial charge in [0.25, 0.3) is 0 Å². The van der Waals surface area contributed by atoms with Crippen LogP contribution in [0.3, 0.4) is 0 Å². The van der Waals surface area contributed by atoms with Crippen LogP contribution in [0.15, 0.2) is 18.2 Å². The van der Waals surface area contributed by atoms with Crippen molar-refractivity contribution >= 4 is 12.4 Å². The number of phenols is 1. The van der Waals surface area contributed by atoms with Gasteiger partial charge in [0.15, 0.2) is 0 Å². The Bertz CT molecular complexity index is 425. The molecule has 1 aliphatic rings. The number of phenolic OH excluding ortho intramolecular Hbond substituents is 1. The van der Waals surface area contributed by atoms with Gasteiger partial charge >= 0.3 is 0 Å². The third-order valence-electron chi connectivity index (χ3n) is 3.40. The van der Waals surface area contributed by atoms with Crippen LogP contribution < -0.4 is 0 Å². The molecule has 1 aromatic rings.